The summed E-state index contributed by atoms with van der Waals surface area (Å²) in [6, 6.07) is 3.24. The molecule has 1 aromatic carbocycles. The molecule has 0 aliphatic rings. The van der Waals surface area contributed by atoms with Crippen LogP contribution in [-0.4, -0.2) is 33.7 Å². The van der Waals surface area contributed by atoms with Gasteiger partial charge in [-0.3, -0.25) is 0 Å². The smallest absolute Gasteiger partial charge is 0.176 e. The summed E-state index contributed by atoms with van der Waals surface area (Å²) in [5, 5.41) is 0. The zero-order valence-electron chi connectivity index (χ0n) is 12.3. The second-order valence-corrected chi connectivity index (χ2v) is 4.80. The standard InChI is InChI=1S/C14H22BrNO4/c1-5-19-14(20-6-2)12(16)9-7-8-10(17-3)11(15)13(9)18-4/h7-8,12,14H,5-6,16H2,1-4H3. The molecule has 20 heavy (non-hydrogen) atoms. The fourth-order valence-corrected chi connectivity index (χ4v) is 2.60. The summed E-state index contributed by atoms with van der Waals surface area (Å²) in [6.45, 7) is 4.86. The molecule has 1 unspecified atom stereocenters. The Morgan fingerprint density at radius 2 is 1.70 bits per heavy atom. The van der Waals surface area contributed by atoms with E-state index in [2.05, 4.69) is 15.9 Å². The van der Waals surface area contributed by atoms with Gasteiger partial charge in [0.1, 0.15) is 16.0 Å². The van der Waals surface area contributed by atoms with Crippen LogP contribution < -0.4 is 15.2 Å². The normalized spacial score (nSPS) is 12.6. The molecule has 0 heterocycles. The number of nitrogens with two attached hydrogens (primary N) is 1. The highest BCUT2D eigenvalue weighted by Gasteiger charge is 2.25. The largest absolute Gasteiger partial charge is 0.495 e. The van der Waals surface area contributed by atoms with E-state index in [4.69, 9.17) is 24.7 Å². The molecule has 0 bridgehead atoms. The van der Waals surface area contributed by atoms with Crippen LogP contribution in [0.2, 0.25) is 0 Å². The highest BCUT2D eigenvalue weighted by molar-refractivity contribution is 9.10. The SMILES string of the molecule is CCOC(OCC)C(N)c1ccc(OC)c(Br)c1OC. The fourth-order valence-electron chi connectivity index (χ4n) is 1.91. The maximum atomic E-state index is 6.26. The summed E-state index contributed by atoms with van der Waals surface area (Å²) >= 11 is 3.46. The molecule has 114 valence electrons. The monoisotopic (exact) mass is 347 g/mol. The minimum absolute atomic E-state index is 0.452. The maximum absolute atomic E-state index is 6.26. The van der Waals surface area contributed by atoms with Crippen LogP contribution in [0.3, 0.4) is 0 Å². The molecule has 1 rings (SSSR count). The van der Waals surface area contributed by atoms with Crippen molar-refractivity contribution in [2.24, 2.45) is 5.73 Å². The number of methoxy groups -OCH3 is 2. The predicted octanol–water partition coefficient (Wildman–Crippen LogP) is 2.87. The Bertz CT molecular complexity index is 422. The molecule has 0 fully saturated rings. The summed E-state index contributed by atoms with van der Waals surface area (Å²) < 4.78 is 22.5. The minimum atomic E-state index is -0.515. The van der Waals surface area contributed by atoms with Crippen molar-refractivity contribution in [3.05, 3.63) is 22.2 Å². The van der Waals surface area contributed by atoms with Crippen molar-refractivity contribution in [1.82, 2.24) is 0 Å². The van der Waals surface area contributed by atoms with Crippen molar-refractivity contribution in [2.45, 2.75) is 26.2 Å². The number of ether oxygens (including phenoxy) is 4. The first-order valence-corrected chi connectivity index (χ1v) is 7.29. The maximum Gasteiger partial charge on any atom is 0.176 e. The number of rotatable bonds is 8. The van der Waals surface area contributed by atoms with E-state index in [1.54, 1.807) is 14.2 Å². The van der Waals surface area contributed by atoms with Crippen LogP contribution in [0.5, 0.6) is 11.5 Å². The molecule has 6 heteroatoms. The molecule has 0 saturated heterocycles. The highest BCUT2D eigenvalue weighted by atomic mass is 79.9. The lowest BCUT2D eigenvalue weighted by molar-refractivity contribution is -0.149. The van der Waals surface area contributed by atoms with Gasteiger partial charge in [-0.05, 0) is 41.9 Å². The van der Waals surface area contributed by atoms with E-state index < -0.39 is 12.3 Å². The Morgan fingerprint density at radius 1 is 1.10 bits per heavy atom. The third kappa shape index (κ3) is 3.85. The lowest BCUT2D eigenvalue weighted by Crippen LogP contribution is -2.32. The molecule has 0 aliphatic heterocycles. The summed E-state index contributed by atoms with van der Waals surface area (Å²) in [5.74, 6) is 1.31. The molecule has 1 aromatic rings. The van der Waals surface area contributed by atoms with Crippen LogP contribution in [0.15, 0.2) is 16.6 Å². The van der Waals surface area contributed by atoms with Gasteiger partial charge in [0.15, 0.2) is 6.29 Å². The molecule has 0 saturated carbocycles. The molecule has 0 amide bonds. The molecule has 2 N–H and O–H groups in total. The molecular weight excluding hydrogens is 326 g/mol. The van der Waals surface area contributed by atoms with Gasteiger partial charge in [0.2, 0.25) is 0 Å². The second-order valence-electron chi connectivity index (χ2n) is 4.01. The van der Waals surface area contributed by atoms with Crippen LogP contribution in [0.25, 0.3) is 0 Å². The van der Waals surface area contributed by atoms with Gasteiger partial charge in [0.05, 0.1) is 20.3 Å². The van der Waals surface area contributed by atoms with E-state index in [9.17, 15) is 0 Å². The van der Waals surface area contributed by atoms with Crippen molar-refractivity contribution in [3.63, 3.8) is 0 Å². The van der Waals surface area contributed by atoms with E-state index in [-0.39, 0.29) is 0 Å². The summed E-state index contributed by atoms with van der Waals surface area (Å²) in [6.07, 6.45) is -0.515. The van der Waals surface area contributed by atoms with Gasteiger partial charge < -0.3 is 24.7 Å². The summed E-state index contributed by atoms with van der Waals surface area (Å²) in [4.78, 5) is 0. The van der Waals surface area contributed by atoms with Crippen molar-refractivity contribution < 1.29 is 18.9 Å². The second kappa shape index (κ2) is 8.46. The van der Waals surface area contributed by atoms with E-state index in [1.807, 2.05) is 26.0 Å². The predicted molar refractivity (Wildman–Crippen MR) is 81.2 cm³/mol. The van der Waals surface area contributed by atoms with E-state index in [0.717, 1.165) is 10.0 Å². The van der Waals surface area contributed by atoms with Crippen LogP contribution in [-0.2, 0) is 9.47 Å². The van der Waals surface area contributed by atoms with Gasteiger partial charge >= 0.3 is 0 Å². The van der Waals surface area contributed by atoms with Crippen molar-refractivity contribution in [1.29, 1.82) is 0 Å². The van der Waals surface area contributed by atoms with Crippen LogP contribution in [0.1, 0.15) is 25.5 Å². The number of hydrogen-bond donors (Lipinski definition) is 1. The van der Waals surface area contributed by atoms with E-state index >= 15 is 0 Å². The minimum Gasteiger partial charge on any atom is -0.495 e. The van der Waals surface area contributed by atoms with Gasteiger partial charge in [-0.2, -0.15) is 0 Å². The van der Waals surface area contributed by atoms with E-state index in [0.29, 0.717) is 24.7 Å². The third-order valence-electron chi connectivity index (χ3n) is 2.83. The zero-order valence-corrected chi connectivity index (χ0v) is 13.9. The van der Waals surface area contributed by atoms with Gasteiger partial charge in [-0.15, -0.1) is 0 Å². The number of halogens is 1. The molecule has 0 spiro atoms. The first-order valence-electron chi connectivity index (χ1n) is 6.49. The summed E-state index contributed by atoms with van der Waals surface area (Å²) in [5.41, 5.74) is 7.05. The molecule has 1 atom stereocenters. The van der Waals surface area contributed by atoms with Gasteiger partial charge in [-0.1, -0.05) is 0 Å². The van der Waals surface area contributed by atoms with E-state index in [1.165, 1.54) is 0 Å². The van der Waals surface area contributed by atoms with Crippen LogP contribution in [0, 0.1) is 0 Å². The Morgan fingerprint density at radius 3 is 2.15 bits per heavy atom. The van der Waals surface area contributed by atoms with Gasteiger partial charge in [0.25, 0.3) is 0 Å². The number of benzene rings is 1. The number of hydrogen-bond acceptors (Lipinski definition) is 5. The Balaban J connectivity index is 3.13. The molecule has 5 nitrogen and oxygen atoms in total. The van der Waals surface area contributed by atoms with Crippen molar-refractivity contribution in [3.8, 4) is 11.5 Å². The quantitative estimate of drug-likeness (QED) is 0.732. The molecule has 0 aliphatic carbocycles. The average molecular weight is 348 g/mol. The zero-order chi connectivity index (χ0) is 15.1. The Labute approximate surface area is 128 Å². The fraction of sp³-hybridized carbons (Fsp3) is 0.571. The van der Waals surface area contributed by atoms with Gasteiger partial charge in [-0.25, -0.2) is 0 Å². The Hall–Kier alpha value is -0.820. The first kappa shape index (κ1) is 17.2. The summed E-state index contributed by atoms with van der Waals surface area (Å²) in [7, 11) is 3.19. The lowest BCUT2D eigenvalue weighted by Gasteiger charge is -2.25. The topological polar surface area (TPSA) is 62.9 Å². The average Bonchev–Trinajstić information content (AvgIpc) is 2.46. The van der Waals surface area contributed by atoms with Crippen LogP contribution >= 0.6 is 15.9 Å². The van der Waals surface area contributed by atoms with Crippen LogP contribution in [0.4, 0.5) is 0 Å². The molecular formula is C14H22BrNO4. The highest BCUT2D eigenvalue weighted by Crippen LogP contribution is 2.40. The molecule has 0 aromatic heterocycles. The van der Waals surface area contributed by atoms with Crippen molar-refractivity contribution in [2.75, 3.05) is 27.4 Å². The Kier molecular flexibility index (Phi) is 7.29. The first-order chi connectivity index (χ1) is 9.60. The third-order valence-corrected chi connectivity index (χ3v) is 3.58. The molecule has 0 radical (unpaired) electrons. The van der Waals surface area contributed by atoms with Gasteiger partial charge in [0, 0.05) is 18.8 Å². The lowest BCUT2D eigenvalue weighted by atomic mass is 10.1. The van der Waals surface area contributed by atoms with Crippen molar-refractivity contribution >= 4 is 15.9 Å².